The van der Waals surface area contributed by atoms with Crippen LogP contribution in [-0.2, 0) is 19.1 Å². The number of unbranched alkanes of at least 4 members (excludes halogenated alkanes) is 1. The molecule has 6 nitrogen and oxygen atoms in total. The molecule has 3 rings (SSSR count). The molecular formula is C24H28N2O4. The normalized spacial score (nSPS) is 17.0. The molecule has 1 atom stereocenters. The van der Waals surface area contributed by atoms with Crippen molar-refractivity contribution < 1.29 is 19.1 Å². The standard InChI is InChI=1S/C24H28N2O4/c1-4-5-16-25-17-20(23(27)29-2)21(24(28)30-3)26(19-14-10-7-11-15-19)22(25)18-12-8-6-9-13-18/h6-15,22H,4-5,16-17H2,1-3H3. The number of carbonyl (C=O) groups excluding carboxylic acids is 2. The summed E-state index contributed by atoms with van der Waals surface area (Å²) in [5.74, 6) is -1.08. The van der Waals surface area contributed by atoms with Crippen LogP contribution in [0.15, 0.2) is 71.9 Å². The Hall–Kier alpha value is -3.12. The maximum atomic E-state index is 12.9. The van der Waals surface area contributed by atoms with Crippen LogP contribution in [0.3, 0.4) is 0 Å². The van der Waals surface area contributed by atoms with Gasteiger partial charge in [0.2, 0.25) is 0 Å². The van der Waals surface area contributed by atoms with Gasteiger partial charge in [0.1, 0.15) is 11.9 Å². The van der Waals surface area contributed by atoms with Gasteiger partial charge in [0, 0.05) is 18.8 Å². The molecule has 1 unspecified atom stereocenters. The molecule has 0 aliphatic carbocycles. The van der Waals surface area contributed by atoms with Crippen molar-refractivity contribution in [2.45, 2.75) is 25.9 Å². The Kier molecular flexibility index (Phi) is 7.25. The van der Waals surface area contributed by atoms with Crippen molar-refractivity contribution in [3.63, 3.8) is 0 Å². The fourth-order valence-corrected chi connectivity index (χ4v) is 3.80. The summed E-state index contributed by atoms with van der Waals surface area (Å²) in [6.45, 7) is 3.21. The lowest BCUT2D eigenvalue weighted by Crippen LogP contribution is -2.50. The average Bonchev–Trinajstić information content (AvgIpc) is 2.81. The number of anilines is 1. The largest absolute Gasteiger partial charge is 0.466 e. The van der Waals surface area contributed by atoms with Crippen LogP contribution in [0, 0.1) is 0 Å². The fourth-order valence-electron chi connectivity index (χ4n) is 3.80. The van der Waals surface area contributed by atoms with Gasteiger partial charge in [-0.15, -0.1) is 0 Å². The molecule has 6 heteroatoms. The first-order chi connectivity index (χ1) is 14.6. The molecule has 1 aliphatic rings. The van der Waals surface area contributed by atoms with E-state index < -0.39 is 11.9 Å². The van der Waals surface area contributed by atoms with Gasteiger partial charge in [0.15, 0.2) is 0 Å². The monoisotopic (exact) mass is 408 g/mol. The minimum absolute atomic E-state index is 0.220. The molecule has 2 aromatic rings. The highest BCUT2D eigenvalue weighted by Gasteiger charge is 2.41. The Balaban J connectivity index is 2.26. The van der Waals surface area contributed by atoms with Crippen LogP contribution >= 0.6 is 0 Å². The third kappa shape index (κ3) is 4.39. The summed E-state index contributed by atoms with van der Waals surface area (Å²) in [4.78, 5) is 29.7. The van der Waals surface area contributed by atoms with Crippen LogP contribution in [0.25, 0.3) is 0 Å². The van der Waals surface area contributed by atoms with Gasteiger partial charge in [0.05, 0.1) is 19.8 Å². The summed E-state index contributed by atoms with van der Waals surface area (Å²) < 4.78 is 10.1. The van der Waals surface area contributed by atoms with Gasteiger partial charge >= 0.3 is 11.9 Å². The van der Waals surface area contributed by atoms with Crippen LogP contribution < -0.4 is 4.90 Å². The molecule has 158 valence electrons. The molecule has 0 spiro atoms. The molecule has 0 saturated carbocycles. The molecule has 30 heavy (non-hydrogen) atoms. The predicted molar refractivity (Wildman–Crippen MR) is 116 cm³/mol. The van der Waals surface area contributed by atoms with E-state index in [9.17, 15) is 9.59 Å². The quantitative estimate of drug-likeness (QED) is 0.648. The van der Waals surface area contributed by atoms with Crippen molar-refractivity contribution in [3.8, 4) is 0 Å². The van der Waals surface area contributed by atoms with E-state index in [1.165, 1.54) is 14.2 Å². The second kappa shape index (κ2) is 10.1. The Morgan fingerprint density at radius 2 is 1.53 bits per heavy atom. The molecule has 1 aliphatic heterocycles. The number of hydrogen-bond acceptors (Lipinski definition) is 6. The molecule has 1 heterocycles. The summed E-state index contributed by atoms with van der Waals surface area (Å²) in [6.07, 6.45) is 1.72. The number of esters is 2. The van der Waals surface area contributed by atoms with Gasteiger partial charge < -0.3 is 14.4 Å². The highest BCUT2D eigenvalue weighted by molar-refractivity contribution is 6.03. The minimum Gasteiger partial charge on any atom is -0.466 e. The SMILES string of the molecule is CCCCN1CC(C(=O)OC)=C(C(=O)OC)N(c2ccccc2)C1c1ccccc1. The molecule has 0 saturated heterocycles. The average molecular weight is 408 g/mol. The topological polar surface area (TPSA) is 59.1 Å². The summed E-state index contributed by atoms with van der Waals surface area (Å²) >= 11 is 0. The first kappa shape index (κ1) is 21.6. The van der Waals surface area contributed by atoms with E-state index in [1.807, 2.05) is 65.6 Å². The van der Waals surface area contributed by atoms with Crippen molar-refractivity contribution >= 4 is 17.6 Å². The minimum atomic E-state index is -0.560. The van der Waals surface area contributed by atoms with E-state index in [0.717, 1.165) is 30.6 Å². The third-order valence-electron chi connectivity index (χ3n) is 5.22. The van der Waals surface area contributed by atoms with Crippen molar-refractivity contribution in [2.75, 3.05) is 32.2 Å². The smallest absolute Gasteiger partial charge is 0.355 e. The number of hydrogen-bond donors (Lipinski definition) is 0. The summed E-state index contributed by atoms with van der Waals surface area (Å²) in [6, 6.07) is 19.6. The molecule has 0 N–H and O–H groups in total. The summed E-state index contributed by atoms with van der Waals surface area (Å²) in [5, 5.41) is 0. The van der Waals surface area contributed by atoms with Crippen LogP contribution in [0.2, 0.25) is 0 Å². The van der Waals surface area contributed by atoms with Crippen molar-refractivity contribution in [3.05, 3.63) is 77.5 Å². The molecule has 0 aromatic heterocycles. The first-order valence-electron chi connectivity index (χ1n) is 10.1. The maximum Gasteiger partial charge on any atom is 0.355 e. The molecule has 0 amide bonds. The van der Waals surface area contributed by atoms with Gasteiger partial charge in [-0.05, 0) is 24.1 Å². The summed E-state index contributed by atoms with van der Waals surface area (Å²) in [5.41, 5.74) is 2.35. The molecule has 0 fully saturated rings. The van der Waals surface area contributed by atoms with Gasteiger partial charge in [-0.25, -0.2) is 9.59 Å². The summed E-state index contributed by atoms with van der Waals surface area (Å²) in [7, 11) is 2.66. The van der Waals surface area contributed by atoms with Crippen LogP contribution in [0.5, 0.6) is 0 Å². The van der Waals surface area contributed by atoms with Gasteiger partial charge in [-0.3, -0.25) is 4.90 Å². The van der Waals surface area contributed by atoms with E-state index in [-0.39, 0.29) is 11.9 Å². The predicted octanol–water partition coefficient (Wildman–Crippen LogP) is 3.91. The van der Waals surface area contributed by atoms with Crippen molar-refractivity contribution in [1.82, 2.24) is 4.90 Å². The Morgan fingerprint density at radius 3 is 2.10 bits per heavy atom. The second-order valence-corrected chi connectivity index (χ2v) is 7.12. The van der Waals surface area contributed by atoms with Gasteiger partial charge in [-0.2, -0.15) is 0 Å². The zero-order valence-electron chi connectivity index (χ0n) is 17.7. The molecule has 0 radical (unpaired) electrons. The van der Waals surface area contributed by atoms with Crippen LogP contribution in [-0.4, -0.2) is 44.1 Å². The van der Waals surface area contributed by atoms with Crippen molar-refractivity contribution in [2.24, 2.45) is 0 Å². The first-order valence-corrected chi connectivity index (χ1v) is 10.1. The Bertz CT molecular complexity index is 896. The van der Waals surface area contributed by atoms with Crippen LogP contribution in [0.1, 0.15) is 31.5 Å². The van der Waals surface area contributed by atoms with E-state index in [2.05, 4.69) is 11.8 Å². The molecule has 2 aromatic carbocycles. The zero-order valence-corrected chi connectivity index (χ0v) is 17.7. The number of rotatable bonds is 7. The number of para-hydroxylation sites is 1. The lowest BCUT2D eigenvalue weighted by atomic mass is 10.00. The second-order valence-electron chi connectivity index (χ2n) is 7.12. The highest BCUT2D eigenvalue weighted by Crippen LogP contribution is 2.39. The van der Waals surface area contributed by atoms with Crippen molar-refractivity contribution in [1.29, 1.82) is 0 Å². The van der Waals surface area contributed by atoms with Gasteiger partial charge in [-0.1, -0.05) is 61.9 Å². The maximum absolute atomic E-state index is 12.9. The number of methoxy groups -OCH3 is 2. The van der Waals surface area contributed by atoms with Gasteiger partial charge in [0.25, 0.3) is 0 Å². The number of nitrogens with zero attached hydrogens (tertiary/aromatic N) is 2. The highest BCUT2D eigenvalue weighted by atomic mass is 16.5. The Morgan fingerprint density at radius 1 is 0.933 bits per heavy atom. The molecular weight excluding hydrogens is 380 g/mol. The third-order valence-corrected chi connectivity index (χ3v) is 5.22. The van der Waals surface area contributed by atoms with E-state index in [1.54, 1.807) is 0 Å². The lowest BCUT2D eigenvalue weighted by molar-refractivity contribution is -0.140. The van der Waals surface area contributed by atoms with E-state index in [0.29, 0.717) is 12.1 Å². The Labute approximate surface area is 177 Å². The number of benzene rings is 2. The van der Waals surface area contributed by atoms with E-state index >= 15 is 0 Å². The van der Waals surface area contributed by atoms with E-state index in [4.69, 9.17) is 9.47 Å². The lowest BCUT2D eigenvalue weighted by Gasteiger charge is -2.46. The van der Waals surface area contributed by atoms with Crippen LogP contribution in [0.4, 0.5) is 5.69 Å². The number of carbonyl (C=O) groups is 2. The molecule has 0 bridgehead atoms. The fraction of sp³-hybridized carbons (Fsp3) is 0.333. The zero-order chi connectivity index (χ0) is 21.5. The number of ether oxygens (including phenoxy) is 2.